The van der Waals surface area contributed by atoms with E-state index in [1.807, 2.05) is 18.2 Å². The highest BCUT2D eigenvalue weighted by Crippen LogP contribution is 2.21. The van der Waals surface area contributed by atoms with Crippen LogP contribution in [0.5, 0.6) is 0 Å². The first-order valence-electron chi connectivity index (χ1n) is 10.9. The zero-order valence-electron chi connectivity index (χ0n) is 17.4. The van der Waals surface area contributed by atoms with Gasteiger partial charge in [-0.3, -0.25) is 14.5 Å². The van der Waals surface area contributed by atoms with Crippen LogP contribution in [0.3, 0.4) is 0 Å². The second-order valence-electron chi connectivity index (χ2n) is 8.59. The van der Waals surface area contributed by atoms with E-state index in [0.717, 1.165) is 44.5 Å². The minimum atomic E-state index is 0.0182. The van der Waals surface area contributed by atoms with Gasteiger partial charge in [0.1, 0.15) is 0 Å². The number of carbonyl (C=O) groups excluding carboxylic acids is 2. The topological polar surface area (TPSA) is 61.4 Å². The average Bonchev–Trinajstić information content (AvgIpc) is 2.94. The molecule has 1 saturated heterocycles. The number of aryl methyl sites for hydroxylation is 2. The summed E-state index contributed by atoms with van der Waals surface area (Å²) < 4.78 is 0. The smallest absolute Gasteiger partial charge is 0.238 e. The Morgan fingerprint density at radius 2 is 1.64 bits per heavy atom. The predicted molar refractivity (Wildman–Crippen MR) is 113 cm³/mol. The number of nitrogens with zero attached hydrogens (tertiary/aromatic N) is 1. The van der Waals surface area contributed by atoms with Crippen molar-refractivity contribution in [1.82, 2.24) is 10.2 Å². The van der Waals surface area contributed by atoms with Gasteiger partial charge in [-0.05, 0) is 75.9 Å². The Bertz CT molecular complexity index is 672. The van der Waals surface area contributed by atoms with Crippen molar-refractivity contribution in [2.75, 3.05) is 25.0 Å². The minimum Gasteiger partial charge on any atom is -0.353 e. The monoisotopic (exact) mass is 385 g/mol. The minimum absolute atomic E-state index is 0.0182. The molecule has 154 valence electrons. The van der Waals surface area contributed by atoms with Crippen LogP contribution in [-0.2, 0) is 9.59 Å². The summed E-state index contributed by atoms with van der Waals surface area (Å²) in [5, 5.41) is 6.28. The van der Waals surface area contributed by atoms with Crippen LogP contribution in [-0.4, -0.2) is 42.4 Å². The van der Waals surface area contributed by atoms with Gasteiger partial charge in [0, 0.05) is 17.6 Å². The number of nitrogens with one attached hydrogen (secondary N) is 2. The molecule has 2 fully saturated rings. The van der Waals surface area contributed by atoms with E-state index in [1.54, 1.807) is 0 Å². The molecule has 1 aromatic carbocycles. The molecule has 0 radical (unpaired) electrons. The summed E-state index contributed by atoms with van der Waals surface area (Å²) in [6.45, 7) is 6.13. The van der Waals surface area contributed by atoms with Crippen LogP contribution in [0.4, 0.5) is 5.69 Å². The molecule has 2 aliphatic rings. The molecule has 2 N–H and O–H groups in total. The molecule has 0 bridgehead atoms. The molecule has 5 nitrogen and oxygen atoms in total. The molecule has 28 heavy (non-hydrogen) atoms. The lowest BCUT2D eigenvalue weighted by Gasteiger charge is -2.31. The first-order valence-corrected chi connectivity index (χ1v) is 10.9. The second-order valence-corrected chi connectivity index (χ2v) is 8.59. The first kappa shape index (κ1) is 20.8. The van der Waals surface area contributed by atoms with Crippen molar-refractivity contribution in [3.63, 3.8) is 0 Å². The maximum atomic E-state index is 12.6. The molecule has 1 aromatic rings. The third-order valence-corrected chi connectivity index (χ3v) is 6.32. The molecule has 0 atom stereocenters. The molecule has 3 rings (SSSR count). The van der Waals surface area contributed by atoms with E-state index >= 15 is 0 Å². The van der Waals surface area contributed by atoms with Crippen molar-refractivity contribution < 1.29 is 9.59 Å². The summed E-state index contributed by atoms with van der Waals surface area (Å²) >= 11 is 0. The van der Waals surface area contributed by atoms with Gasteiger partial charge in [0.25, 0.3) is 0 Å². The SMILES string of the molecule is Cc1ccc(NC(=O)CN2CCC(C(=O)NC3CCCCCC3)CC2)cc1C. The van der Waals surface area contributed by atoms with Crippen LogP contribution in [0, 0.1) is 19.8 Å². The van der Waals surface area contributed by atoms with Gasteiger partial charge in [-0.2, -0.15) is 0 Å². The number of rotatable bonds is 5. The molecule has 1 saturated carbocycles. The van der Waals surface area contributed by atoms with Gasteiger partial charge < -0.3 is 10.6 Å². The molecular weight excluding hydrogens is 350 g/mol. The molecule has 0 spiro atoms. The zero-order chi connectivity index (χ0) is 19.9. The van der Waals surface area contributed by atoms with Gasteiger partial charge in [-0.1, -0.05) is 31.7 Å². The fourth-order valence-electron chi connectivity index (χ4n) is 4.32. The number of hydrogen-bond donors (Lipinski definition) is 2. The Kier molecular flexibility index (Phi) is 7.49. The fourth-order valence-corrected chi connectivity index (χ4v) is 4.32. The van der Waals surface area contributed by atoms with Crippen LogP contribution < -0.4 is 10.6 Å². The highest BCUT2D eigenvalue weighted by atomic mass is 16.2. The summed E-state index contributed by atoms with van der Waals surface area (Å²) in [6, 6.07) is 6.36. The Morgan fingerprint density at radius 3 is 2.29 bits per heavy atom. The standard InChI is InChI=1S/C23H35N3O2/c1-17-9-10-21(15-18(17)2)24-22(27)16-26-13-11-19(12-14-26)23(28)25-20-7-5-3-4-6-8-20/h9-10,15,19-20H,3-8,11-14,16H2,1-2H3,(H,24,27)(H,25,28). The van der Waals surface area contributed by atoms with Crippen molar-refractivity contribution in [2.45, 2.75) is 71.3 Å². The number of hydrogen-bond acceptors (Lipinski definition) is 3. The highest BCUT2D eigenvalue weighted by Gasteiger charge is 2.27. The van der Waals surface area contributed by atoms with E-state index < -0.39 is 0 Å². The number of piperidine rings is 1. The van der Waals surface area contributed by atoms with Crippen LogP contribution in [0.15, 0.2) is 18.2 Å². The maximum absolute atomic E-state index is 12.6. The second kappa shape index (κ2) is 10.1. The number of likely N-dealkylation sites (tertiary alicyclic amines) is 1. The van der Waals surface area contributed by atoms with Crippen molar-refractivity contribution in [3.05, 3.63) is 29.3 Å². The van der Waals surface area contributed by atoms with Gasteiger partial charge in [0.2, 0.25) is 11.8 Å². The fraction of sp³-hybridized carbons (Fsp3) is 0.652. The molecule has 0 unspecified atom stereocenters. The van der Waals surface area contributed by atoms with E-state index in [4.69, 9.17) is 0 Å². The van der Waals surface area contributed by atoms with E-state index in [1.165, 1.54) is 36.8 Å². The van der Waals surface area contributed by atoms with Crippen LogP contribution in [0.25, 0.3) is 0 Å². The van der Waals surface area contributed by atoms with Crippen molar-refractivity contribution in [2.24, 2.45) is 5.92 Å². The van der Waals surface area contributed by atoms with Gasteiger partial charge in [0.05, 0.1) is 6.54 Å². The summed E-state index contributed by atoms with van der Waals surface area (Å²) in [7, 11) is 0. The molecule has 1 heterocycles. The Morgan fingerprint density at radius 1 is 0.964 bits per heavy atom. The average molecular weight is 386 g/mol. The number of benzene rings is 1. The Labute approximate surface area is 169 Å². The lowest BCUT2D eigenvalue weighted by atomic mass is 9.95. The number of anilines is 1. The van der Waals surface area contributed by atoms with Crippen molar-refractivity contribution >= 4 is 17.5 Å². The van der Waals surface area contributed by atoms with E-state index in [2.05, 4.69) is 29.4 Å². The predicted octanol–water partition coefficient (Wildman–Crippen LogP) is 3.79. The van der Waals surface area contributed by atoms with Gasteiger partial charge >= 0.3 is 0 Å². The molecule has 1 aliphatic heterocycles. The van der Waals surface area contributed by atoms with Crippen LogP contribution in [0.1, 0.15) is 62.5 Å². The zero-order valence-corrected chi connectivity index (χ0v) is 17.4. The summed E-state index contributed by atoms with van der Waals surface area (Å²) in [6.07, 6.45) is 9.01. The van der Waals surface area contributed by atoms with Crippen molar-refractivity contribution in [3.8, 4) is 0 Å². The summed E-state index contributed by atoms with van der Waals surface area (Å²) in [4.78, 5) is 27.1. The first-order chi connectivity index (χ1) is 13.5. The Hall–Kier alpha value is -1.88. The summed E-state index contributed by atoms with van der Waals surface area (Å²) in [5.41, 5.74) is 3.26. The maximum Gasteiger partial charge on any atom is 0.238 e. The van der Waals surface area contributed by atoms with Gasteiger partial charge in [-0.15, -0.1) is 0 Å². The highest BCUT2D eigenvalue weighted by molar-refractivity contribution is 5.92. The third kappa shape index (κ3) is 6.06. The van der Waals surface area contributed by atoms with Gasteiger partial charge in [0.15, 0.2) is 0 Å². The molecule has 1 aliphatic carbocycles. The number of amides is 2. The lowest BCUT2D eigenvalue weighted by molar-refractivity contribution is -0.127. The summed E-state index contributed by atoms with van der Waals surface area (Å²) in [5.74, 6) is 0.345. The largest absolute Gasteiger partial charge is 0.353 e. The lowest BCUT2D eigenvalue weighted by Crippen LogP contribution is -2.45. The van der Waals surface area contributed by atoms with Gasteiger partial charge in [-0.25, -0.2) is 0 Å². The van der Waals surface area contributed by atoms with Crippen LogP contribution >= 0.6 is 0 Å². The normalized spacial score (nSPS) is 19.8. The molecule has 2 amide bonds. The molecule has 5 heteroatoms. The Balaban J connectivity index is 1.40. The van der Waals surface area contributed by atoms with E-state index in [9.17, 15) is 9.59 Å². The quantitative estimate of drug-likeness (QED) is 0.758. The van der Waals surface area contributed by atoms with Crippen LogP contribution in [0.2, 0.25) is 0 Å². The molecular formula is C23H35N3O2. The third-order valence-electron chi connectivity index (χ3n) is 6.32. The van der Waals surface area contributed by atoms with E-state index in [0.29, 0.717) is 12.6 Å². The number of carbonyl (C=O) groups is 2. The van der Waals surface area contributed by atoms with Crippen molar-refractivity contribution in [1.29, 1.82) is 0 Å². The molecule has 0 aromatic heterocycles. The van der Waals surface area contributed by atoms with E-state index in [-0.39, 0.29) is 17.7 Å².